The molecular formula is C130H102BN5. The molecular weight excluding hydrogens is 1640 g/mol. The van der Waals surface area contributed by atoms with E-state index in [9.17, 15) is 0 Å². The lowest BCUT2D eigenvalue weighted by atomic mass is 9.33. The second kappa shape index (κ2) is 30.9. The van der Waals surface area contributed by atoms with E-state index in [2.05, 4.69) is 504 Å². The van der Waals surface area contributed by atoms with Crippen molar-refractivity contribution in [3.63, 3.8) is 0 Å². The number of nitrogens with zero attached hydrogens (tertiary/aromatic N) is 5. The lowest BCUT2D eigenvalue weighted by molar-refractivity contribution is 0.332. The third kappa shape index (κ3) is 13.1. The molecule has 650 valence electrons. The van der Waals surface area contributed by atoms with E-state index in [0.29, 0.717) is 0 Å². The van der Waals surface area contributed by atoms with Crippen LogP contribution in [0, 0.1) is 0 Å². The Hall–Kier alpha value is -15.8. The first kappa shape index (κ1) is 81.0. The number of rotatable bonds is 13. The molecule has 5 heterocycles. The van der Waals surface area contributed by atoms with Gasteiger partial charge in [-0.15, -0.1) is 0 Å². The summed E-state index contributed by atoms with van der Waals surface area (Å²) < 4.78 is 7.69. The molecule has 0 saturated carbocycles. The lowest BCUT2D eigenvalue weighted by Gasteiger charge is -2.44. The van der Waals surface area contributed by atoms with Crippen LogP contribution >= 0.6 is 0 Å². The largest absolute Gasteiger partial charge is 0.311 e. The topological polar surface area (TPSA) is 21.3 Å². The summed E-state index contributed by atoms with van der Waals surface area (Å²) in [6, 6.07) is 162. The van der Waals surface area contributed by atoms with Crippen molar-refractivity contribution in [2.75, 3.05) is 9.80 Å². The van der Waals surface area contributed by atoms with Crippen LogP contribution in [0.1, 0.15) is 103 Å². The Labute approximate surface area is 796 Å². The van der Waals surface area contributed by atoms with Crippen molar-refractivity contribution >= 4 is 123 Å². The quantitative estimate of drug-likeness (QED) is 0.107. The molecule has 2 aliphatic carbocycles. The highest BCUT2D eigenvalue weighted by Crippen LogP contribution is 2.54. The summed E-state index contributed by atoms with van der Waals surface area (Å²) in [5.41, 5.74) is 45.3. The van der Waals surface area contributed by atoms with Gasteiger partial charge < -0.3 is 23.5 Å². The minimum absolute atomic E-state index is 0.0320. The predicted octanol–water partition coefficient (Wildman–Crippen LogP) is 33.1. The van der Waals surface area contributed by atoms with Crippen LogP contribution in [0.4, 0.5) is 34.1 Å². The van der Waals surface area contributed by atoms with Gasteiger partial charge in [0, 0.05) is 77.8 Å². The highest BCUT2D eigenvalue weighted by Gasteiger charge is 2.46. The number of hydrogen-bond acceptors (Lipinski definition) is 2. The van der Waals surface area contributed by atoms with Crippen LogP contribution < -0.4 is 26.2 Å². The predicted molar refractivity (Wildman–Crippen MR) is 578 cm³/mol. The Balaban J connectivity index is 0.767. The van der Waals surface area contributed by atoms with E-state index < -0.39 is 0 Å². The van der Waals surface area contributed by atoms with Crippen molar-refractivity contribution in [2.45, 2.75) is 103 Å². The highest BCUT2D eigenvalue weighted by molar-refractivity contribution is 7.00. The molecule has 136 heavy (non-hydrogen) atoms. The Bertz CT molecular complexity index is 7920. The van der Waals surface area contributed by atoms with Crippen molar-refractivity contribution in [3.8, 4) is 106 Å². The molecule has 4 aliphatic rings. The molecule has 0 unspecified atom stereocenters. The fraction of sp³-hybridized carbons (Fsp3) is 0.123. The number of aromatic nitrogens is 3. The van der Waals surface area contributed by atoms with E-state index in [4.69, 9.17) is 0 Å². The molecule has 0 amide bonds. The van der Waals surface area contributed by atoms with Gasteiger partial charge in [-0.3, -0.25) is 0 Å². The summed E-state index contributed by atoms with van der Waals surface area (Å²) in [4.78, 5) is 5.32. The number of fused-ring (bicyclic) bond motifs is 15. The maximum atomic E-state index is 2.66. The highest BCUT2D eigenvalue weighted by atomic mass is 15.2. The Morgan fingerprint density at radius 2 is 0.390 bits per heavy atom. The molecule has 26 rings (SSSR count). The third-order valence-corrected chi connectivity index (χ3v) is 31.4. The molecule has 5 nitrogen and oxygen atoms in total. The zero-order valence-corrected chi connectivity index (χ0v) is 78.1. The molecule has 0 bridgehead atoms. The Morgan fingerprint density at radius 1 is 0.176 bits per heavy atom. The van der Waals surface area contributed by atoms with Crippen molar-refractivity contribution in [2.24, 2.45) is 0 Å². The summed E-state index contributed by atoms with van der Waals surface area (Å²) in [5.74, 6) is 0. The first-order chi connectivity index (χ1) is 66.4. The van der Waals surface area contributed by atoms with E-state index in [0.717, 1.165) is 110 Å². The minimum Gasteiger partial charge on any atom is -0.311 e. The summed E-state index contributed by atoms with van der Waals surface area (Å²) >= 11 is 0. The smallest absolute Gasteiger partial charge is 0.252 e. The third-order valence-electron chi connectivity index (χ3n) is 31.4. The van der Waals surface area contributed by atoms with Crippen molar-refractivity contribution in [3.05, 3.63) is 447 Å². The number of anilines is 6. The summed E-state index contributed by atoms with van der Waals surface area (Å²) in [6.45, 7) is 19.2. The van der Waals surface area contributed by atoms with Crippen LogP contribution in [0.3, 0.4) is 0 Å². The second-order valence-corrected chi connectivity index (χ2v) is 41.2. The fourth-order valence-corrected chi connectivity index (χ4v) is 23.8. The Morgan fingerprint density at radius 3 is 0.662 bits per heavy atom. The molecule has 2 aliphatic heterocycles. The van der Waals surface area contributed by atoms with E-state index >= 15 is 0 Å². The van der Waals surface area contributed by atoms with E-state index in [-0.39, 0.29) is 28.4 Å². The molecule has 0 N–H and O–H groups in total. The first-order valence-electron chi connectivity index (χ1n) is 48.5. The van der Waals surface area contributed by atoms with Crippen LogP contribution in [0.5, 0.6) is 0 Å². The van der Waals surface area contributed by atoms with Gasteiger partial charge in [0.25, 0.3) is 6.71 Å². The number of hydrogen-bond donors (Lipinski definition) is 0. The van der Waals surface area contributed by atoms with Crippen molar-refractivity contribution < 1.29 is 0 Å². The van der Waals surface area contributed by atoms with Crippen molar-refractivity contribution in [1.29, 1.82) is 0 Å². The molecule has 19 aromatic carbocycles. The van der Waals surface area contributed by atoms with Crippen LogP contribution in [0.2, 0.25) is 0 Å². The van der Waals surface area contributed by atoms with Gasteiger partial charge in [-0.1, -0.05) is 347 Å². The SMILES string of the molecule is CC1(C)CCC(C)(C)c2cc(-c3ccc(N4c5cc(-n6c7ccc(-c8ccccc8)cc7c7cc(-c8ccccc8)ccc76)ccc5B5c6ccc(-n7c8ccc(-c9ccccc9)cc8c8cc(-c9ccccc9)ccc87)cc6N(c6ccc(-c7ccc8c(c7)C(C)(C)CCC8(C)C)cc6)c6cc(-n7c8ccc(-c9ccccc9)cc8c8cc(-c9ccccc9)ccc87)cc4c65)cc3)ccc21. The normalized spacial score (nSPS) is 14.8. The second-order valence-electron chi connectivity index (χ2n) is 41.2. The molecule has 3 aromatic heterocycles. The van der Waals surface area contributed by atoms with Crippen LogP contribution in [-0.4, -0.2) is 20.4 Å². The summed E-state index contributed by atoms with van der Waals surface area (Å²) in [5, 5.41) is 7.16. The minimum atomic E-state index is -0.288. The molecule has 0 spiro atoms. The van der Waals surface area contributed by atoms with Gasteiger partial charge in [0.15, 0.2) is 0 Å². The van der Waals surface area contributed by atoms with Gasteiger partial charge in [0.1, 0.15) is 0 Å². The molecule has 22 aromatic rings. The zero-order valence-electron chi connectivity index (χ0n) is 78.1. The van der Waals surface area contributed by atoms with E-state index in [1.165, 1.54) is 160 Å². The average Bonchev–Trinajstić information content (AvgIpc) is 1.01. The molecule has 0 saturated heterocycles. The van der Waals surface area contributed by atoms with Gasteiger partial charge in [0.05, 0.1) is 38.8 Å². The maximum absolute atomic E-state index is 2.66. The first-order valence-corrected chi connectivity index (χ1v) is 48.5. The fourth-order valence-electron chi connectivity index (χ4n) is 23.8. The summed E-state index contributed by atoms with van der Waals surface area (Å²) in [7, 11) is 0. The Kier molecular flexibility index (Phi) is 18.4. The molecule has 0 fully saturated rings. The molecule has 0 radical (unpaired) electrons. The van der Waals surface area contributed by atoms with E-state index in [1.54, 1.807) is 0 Å². The molecule has 0 atom stereocenters. The zero-order chi connectivity index (χ0) is 91.2. The van der Waals surface area contributed by atoms with Gasteiger partial charge >= 0.3 is 0 Å². The summed E-state index contributed by atoms with van der Waals surface area (Å²) in [6.07, 6.45) is 4.60. The van der Waals surface area contributed by atoms with Crippen LogP contribution in [0.15, 0.2) is 425 Å². The van der Waals surface area contributed by atoms with Gasteiger partial charge in [-0.2, -0.15) is 0 Å². The van der Waals surface area contributed by atoms with Crippen molar-refractivity contribution in [1.82, 2.24) is 13.7 Å². The van der Waals surface area contributed by atoms with Gasteiger partial charge in [-0.05, 0) is 308 Å². The van der Waals surface area contributed by atoms with Crippen LogP contribution in [-0.2, 0) is 21.7 Å². The van der Waals surface area contributed by atoms with Gasteiger partial charge in [0.2, 0.25) is 0 Å². The van der Waals surface area contributed by atoms with Crippen LogP contribution in [0.25, 0.3) is 171 Å². The van der Waals surface area contributed by atoms with E-state index in [1.807, 2.05) is 0 Å². The standard InChI is InChI=1S/C130H102BN5/c1-127(2)67-69-129(5,6)112-77-97(43-57-110(112)127)89-39-51-99(52-40-89)132-122-79-101(134-116-61-45-91(83-27-15-9-16-28-83)71-104(116)105-72-92(46-62-117(105)134)84-29-17-10-18-30-84)55-59-114(122)131-115-60-56-102(135-118-63-47-93(85-31-19-11-20-32-85)73-106(118)107-74-94(48-64-119(107)135)86-33-21-12-22-34-86)80-123(115)133(100-53-41-90(42-54-100)98-44-58-111-113(78-98)130(7,8)70-68-128(111,3)4)125-82-103(81-124(132)126(125)131)136-120-65-49-95(87-35-23-13-24-36-87)75-108(120)109-76-96(50-66-121(109)136)88-37-25-14-26-38-88/h9-66,71-82H,67-70H2,1-8H3. The molecule has 6 heteroatoms. The maximum Gasteiger partial charge on any atom is 0.252 e. The monoisotopic (exact) mass is 1740 g/mol. The van der Waals surface area contributed by atoms with Gasteiger partial charge in [-0.25, -0.2) is 0 Å². The number of benzene rings is 19. The average molecular weight is 1750 g/mol. The lowest BCUT2D eigenvalue weighted by Crippen LogP contribution is -2.61.